The van der Waals surface area contributed by atoms with Crippen molar-refractivity contribution < 1.29 is 50.9 Å². The van der Waals surface area contributed by atoms with Crippen LogP contribution >= 0.6 is 0 Å². The standard InChI is InChI=1S/C37H39F5N4O6/c1-5-30(37(40,41)42)44-23-17-26(38)32(27(39)18-23)35(47)45-28(36(48)49)15-21-8-9-25(33-24(21)7-6-10-43-33)31-29(50-3)16-22(20(2)34(31)51-4)19-46-11-13-52-14-12-46/h6-10,16-18,28,30,44H,5,11-15,19H2,1-4H3,(H,45,47)(H,48,49)/t28-,30+/m0/s1. The van der Waals surface area contributed by atoms with Crippen LogP contribution < -0.4 is 20.1 Å². The number of amides is 1. The van der Waals surface area contributed by atoms with Crippen LogP contribution in [0, 0.1) is 18.6 Å². The number of carboxylic acid groups (broad SMARTS) is 1. The van der Waals surface area contributed by atoms with E-state index in [0.717, 1.165) is 24.2 Å². The van der Waals surface area contributed by atoms with Gasteiger partial charge < -0.3 is 30.0 Å². The Bertz CT molecular complexity index is 1930. The summed E-state index contributed by atoms with van der Waals surface area (Å²) < 4.78 is 86.9. The first-order valence-electron chi connectivity index (χ1n) is 16.5. The zero-order chi connectivity index (χ0) is 37.7. The van der Waals surface area contributed by atoms with E-state index in [9.17, 15) is 36.6 Å². The molecule has 15 heteroatoms. The number of carboxylic acids is 1. The highest BCUT2D eigenvalue weighted by Crippen LogP contribution is 2.45. The molecule has 1 amide bonds. The molecule has 0 bridgehead atoms. The van der Waals surface area contributed by atoms with Gasteiger partial charge in [0.25, 0.3) is 5.91 Å². The number of aromatic nitrogens is 1. The molecule has 1 fully saturated rings. The first-order valence-corrected chi connectivity index (χ1v) is 16.5. The molecule has 52 heavy (non-hydrogen) atoms. The predicted molar refractivity (Wildman–Crippen MR) is 184 cm³/mol. The second-order valence-corrected chi connectivity index (χ2v) is 12.4. The van der Waals surface area contributed by atoms with E-state index < -0.39 is 59.4 Å². The number of nitrogens with zero attached hydrogens (tertiary/aromatic N) is 2. The normalized spacial score (nSPS) is 14.9. The maximum absolute atomic E-state index is 15.0. The van der Waals surface area contributed by atoms with Gasteiger partial charge in [0.15, 0.2) is 0 Å². The number of hydrogen-bond acceptors (Lipinski definition) is 8. The minimum absolute atomic E-state index is 0.304. The lowest BCUT2D eigenvalue weighted by Gasteiger charge is -2.28. The number of benzene rings is 3. The number of hydrogen-bond donors (Lipinski definition) is 3. The van der Waals surface area contributed by atoms with E-state index >= 15 is 0 Å². The van der Waals surface area contributed by atoms with Crippen LogP contribution in [-0.4, -0.2) is 85.6 Å². The molecule has 0 saturated carbocycles. The maximum atomic E-state index is 15.0. The molecule has 0 spiro atoms. The summed E-state index contributed by atoms with van der Waals surface area (Å²) >= 11 is 0. The molecule has 1 aliphatic rings. The minimum Gasteiger partial charge on any atom is -0.496 e. The molecule has 5 rings (SSSR count). The molecule has 3 aromatic carbocycles. The lowest BCUT2D eigenvalue weighted by molar-refractivity contribution is -0.143. The largest absolute Gasteiger partial charge is 0.496 e. The molecule has 1 aliphatic heterocycles. The van der Waals surface area contributed by atoms with Crippen molar-refractivity contribution in [3.8, 4) is 22.6 Å². The van der Waals surface area contributed by atoms with Gasteiger partial charge in [-0.2, -0.15) is 13.2 Å². The van der Waals surface area contributed by atoms with Gasteiger partial charge in [-0.25, -0.2) is 13.6 Å². The van der Waals surface area contributed by atoms with E-state index in [1.54, 1.807) is 44.7 Å². The molecule has 2 atom stereocenters. The number of nitrogens with one attached hydrogen (secondary N) is 2. The number of morpholine rings is 1. The van der Waals surface area contributed by atoms with Crippen LogP contribution in [0.5, 0.6) is 11.5 Å². The zero-order valence-corrected chi connectivity index (χ0v) is 29.0. The van der Waals surface area contributed by atoms with Gasteiger partial charge in [-0.1, -0.05) is 25.1 Å². The molecule has 3 N–H and O–H groups in total. The topological polar surface area (TPSA) is 122 Å². The third-order valence-corrected chi connectivity index (χ3v) is 9.09. The summed E-state index contributed by atoms with van der Waals surface area (Å²) in [6.45, 7) is 6.74. The summed E-state index contributed by atoms with van der Waals surface area (Å²) in [6.07, 6.45) is -3.83. The Balaban J connectivity index is 1.46. The van der Waals surface area contributed by atoms with Crippen molar-refractivity contribution in [1.29, 1.82) is 0 Å². The summed E-state index contributed by atoms with van der Waals surface area (Å²) in [4.78, 5) is 32.3. The number of carbonyl (C=O) groups is 2. The van der Waals surface area contributed by atoms with Gasteiger partial charge in [0.05, 0.1) is 38.5 Å². The zero-order valence-electron chi connectivity index (χ0n) is 29.0. The first kappa shape index (κ1) is 38.2. The molecule has 0 unspecified atom stereocenters. The molecule has 1 saturated heterocycles. The smallest absolute Gasteiger partial charge is 0.408 e. The van der Waals surface area contributed by atoms with Gasteiger partial charge >= 0.3 is 12.1 Å². The highest BCUT2D eigenvalue weighted by atomic mass is 19.4. The fourth-order valence-corrected chi connectivity index (χ4v) is 6.37. The molecule has 0 aliphatic carbocycles. The molecular weight excluding hydrogens is 691 g/mol. The van der Waals surface area contributed by atoms with Crippen molar-refractivity contribution in [2.45, 2.75) is 51.5 Å². The van der Waals surface area contributed by atoms with Crippen molar-refractivity contribution in [3.63, 3.8) is 0 Å². The van der Waals surface area contributed by atoms with E-state index in [2.05, 4.69) is 15.2 Å². The lowest BCUT2D eigenvalue weighted by Crippen LogP contribution is -2.43. The molecular formula is C37H39F5N4O6. The highest BCUT2D eigenvalue weighted by molar-refractivity contribution is 6.00. The molecule has 2 heterocycles. The fraction of sp³-hybridized carbons (Fsp3) is 0.378. The monoisotopic (exact) mass is 730 g/mol. The van der Waals surface area contributed by atoms with Gasteiger partial charge in [0.2, 0.25) is 0 Å². The summed E-state index contributed by atoms with van der Waals surface area (Å²) in [5.74, 6) is -4.69. The predicted octanol–water partition coefficient (Wildman–Crippen LogP) is 6.52. The molecule has 0 radical (unpaired) electrons. The number of ether oxygens (including phenoxy) is 3. The van der Waals surface area contributed by atoms with Gasteiger partial charge in [0, 0.05) is 48.9 Å². The van der Waals surface area contributed by atoms with Crippen LogP contribution in [-0.2, 0) is 22.5 Å². The number of fused-ring (bicyclic) bond motifs is 1. The number of methoxy groups -OCH3 is 2. The number of carbonyl (C=O) groups excluding carboxylic acids is 1. The number of halogens is 5. The maximum Gasteiger partial charge on any atom is 0.408 e. The van der Waals surface area contributed by atoms with Crippen LogP contribution in [0.3, 0.4) is 0 Å². The second-order valence-electron chi connectivity index (χ2n) is 12.4. The minimum atomic E-state index is -4.69. The van der Waals surface area contributed by atoms with Gasteiger partial charge in [0.1, 0.15) is 40.8 Å². The van der Waals surface area contributed by atoms with Crippen LogP contribution in [0.25, 0.3) is 22.0 Å². The van der Waals surface area contributed by atoms with Crippen molar-refractivity contribution in [1.82, 2.24) is 15.2 Å². The summed E-state index contributed by atoms with van der Waals surface area (Å²) in [7, 11) is 3.12. The summed E-state index contributed by atoms with van der Waals surface area (Å²) in [5.41, 5.74) is 2.46. The Labute approximate surface area is 296 Å². The molecule has 278 valence electrons. The highest BCUT2D eigenvalue weighted by Gasteiger charge is 2.38. The Morgan fingerprint density at radius 1 is 1.04 bits per heavy atom. The number of anilines is 1. The van der Waals surface area contributed by atoms with Gasteiger partial charge in [-0.15, -0.1) is 0 Å². The number of aliphatic carboxylic acids is 1. The van der Waals surface area contributed by atoms with Crippen molar-refractivity contribution >= 4 is 28.5 Å². The lowest BCUT2D eigenvalue weighted by atomic mass is 9.91. The number of rotatable bonds is 13. The fourth-order valence-electron chi connectivity index (χ4n) is 6.37. The molecule has 10 nitrogen and oxygen atoms in total. The molecule has 4 aromatic rings. The van der Waals surface area contributed by atoms with Gasteiger partial charge in [-0.3, -0.25) is 14.7 Å². The Morgan fingerprint density at radius 2 is 1.73 bits per heavy atom. The van der Waals surface area contributed by atoms with E-state index in [-0.39, 0.29) is 6.42 Å². The van der Waals surface area contributed by atoms with Crippen molar-refractivity contribution in [2.75, 3.05) is 45.8 Å². The third-order valence-electron chi connectivity index (χ3n) is 9.09. The van der Waals surface area contributed by atoms with E-state index in [0.29, 0.717) is 71.0 Å². The van der Waals surface area contributed by atoms with Crippen LogP contribution in [0.15, 0.2) is 48.7 Å². The number of pyridine rings is 1. The summed E-state index contributed by atoms with van der Waals surface area (Å²) in [5, 5.41) is 14.8. The van der Waals surface area contributed by atoms with E-state index in [1.165, 1.54) is 6.92 Å². The van der Waals surface area contributed by atoms with Crippen LogP contribution in [0.1, 0.15) is 40.4 Å². The van der Waals surface area contributed by atoms with Crippen molar-refractivity contribution in [3.05, 3.63) is 82.5 Å². The van der Waals surface area contributed by atoms with Crippen LogP contribution in [0.2, 0.25) is 0 Å². The average Bonchev–Trinajstić information content (AvgIpc) is 3.10. The Hall–Kier alpha value is -5.02. The molecule has 1 aromatic heterocycles. The van der Waals surface area contributed by atoms with Crippen molar-refractivity contribution in [2.24, 2.45) is 0 Å². The third kappa shape index (κ3) is 8.20. The summed E-state index contributed by atoms with van der Waals surface area (Å²) in [6, 6.07) is 6.14. The van der Waals surface area contributed by atoms with Crippen LogP contribution in [0.4, 0.5) is 27.6 Å². The SMILES string of the molecule is CC[C@@H](Nc1cc(F)c(C(=O)N[C@@H](Cc2ccc(-c3c(OC)cc(CN4CCOCC4)c(C)c3OC)c3ncccc23)C(=O)O)c(F)c1)C(F)(F)F. The van der Waals surface area contributed by atoms with E-state index in [4.69, 9.17) is 14.2 Å². The van der Waals surface area contributed by atoms with E-state index in [1.807, 2.05) is 18.3 Å². The Morgan fingerprint density at radius 3 is 2.33 bits per heavy atom. The van der Waals surface area contributed by atoms with Gasteiger partial charge in [-0.05, 0) is 54.3 Å². The number of alkyl halides is 3. The second kappa shape index (κ2) is 16.1. The quantitative estimate of drug-likeness (QED) is 0.132. The first-order chi connectivity index (χ1) is 24.8. The Kier molecular flexibility index (Phi) is 11.8. The average molecular weight is 731 g/mol.